The van der Waals surface area contributed by atoms with Gasteiger partial charge in [-0.25, -0.2) is 4.98 Å². The van der Waals surface area contributed by atoms with Gasteiger partial charge in [0.15, 0.2) is 6.10 Å². The first-order chi connectivity index (χ1) is 16.2. The number of carbonyl (C=O) groups excluding carboxylic acids is 2. The Morgan fingerprint density at radius 2 is 1.88 bits per heavy atom. The van der Waals surface area contributed by atoms with Crippen LogP contribution in [0.1, 0.15) is 20.8 Å². The fraction of sp³-hybridized carbons (Fsp3) is 0.417. The molecule has 0 N–H and O–H groups in total. The molecule has 3 atom stereocenters. The number of hydrogen-bond acceptors (Lipinski definition) is 8. The Hall–Kier alpha value is -3.24. The lowest BCUT2D eigenvalue weighted by atomic mass is 10.2. The Balaban J connectivity index is 1.45. The van der Waals surface area contributed by atoms with Crippen LogP contribution in [-0.4, -0.2) is 64.8 Å². The number of benzene rings is 1. The minimum atomic E-state index is -0.958. The molecule has 4 rings (SSSR count). The highest BCUT2D eigenvalue weighted by molar-refractivity contribution is 7.22. The van der Waals surface area contributed by atoms with Crippen molar-refractivity contribution in [3.63, 3.8) is 0 Å². The molecular weight excluding hydrogens is 458 g/mol. The summed E-state index contributed by atoms with van der Waals surface area (Å²) in [6.45, 7) is 5.89. The molecule has 9 nitrogen and oxygen atoms in total. The van der Waals surface area contributed by atoms with Gasteiger partial charge in [0.2, 0.25) is 0 Å². The third kappa shape index (κ3) is 5.13. The lowest BCUT2D eigenvalue weighted by Gasteiger charge is -2.36. The molecule has 0 aliphatic carbocycles. The Labute approximate surface area is 200 Å². The molecule has 1 amide bonds. The average Bonchev–Trinajstić information content (AvgIpc) is 3.25. The van der Waals surface area contributed by atoms with Crippen LogP contribution in [0.2, 0.25) is 0 Å². The van der Waals surface area contributed by atoms with E-state index in [1.54, 1.807) is 12.0 Å². The second-order valence-electron chi connectivity index (χ2n) is 8.36. The monoisotopic (exact) mass is 485 g/mol. The van der Waals surface area contributed by atoms with Gasteiger partial charge in [0.1, 0.15) is 17.0 Å². The maximum absolute atomic E-state index is 13.0. The molecule has 0 saturated carbocycles. The molecule has 34 heavy (non-hydrogen) atoms. The number of fused-ring (bicyclic) bond motifs is 1. The maximum Gasteiger partial charge on any atom is 0.326 e. The van der Waals surface area contributed by atoms with E-state index in [2.05, 4.69) is 4.98 Å². The van der Waals surface area contributed by atoms with Crippen LogP contribution < -0.4 is 10.3 Å². The normalized spacial score (nSPS) is 19.1. The molecule has 1 aromatic carbocycles. The molecule has 3 unspecified atom stereocenters. The number of methoxy groups -OCH3 is 1. The molecule has 10 heteroatoms. The number of carbonyl (C=O) groups is 2. The smallest absolute Gasteiger partial charge is 0.326 e. The van der Waals surface area contributed by atoms with Gasteiger partial charge in [-0.05, 0) is 56.7 Å². The molecule has 2 aromatic heterocycles. The highest BCUT2D eigenvalue weighted by Gasteiger charge is 2.30. The summed E-state index contributed by atoms with van der Waals surface area (Å²) in [5.41, 5.74) is 1.17. The summed E-state index contributed by atoms with van der Waals surface area (Å²) < 4.78 is 17.8. The number of hydrogen-bond donors (Lipinski definition) is 0. The third-order valence-electron chi connectivity index (χ3n) is 5.57. The van der Waals surface area contributed by atoms with Crippen LogP contribution in [-0.2, 0) is 25.6 Å². The van der Waals surface area contributed by atoms with Crippen molar-refractivity contribution in [3.05, 3.63) is 47.0 Å². The summed E-state index contributed by atoms with van der Waals surface area (Å²) in [6.07, 6.45) is 0.204. The van der Waals surface area contributed by atoms with Crippen LogP contribution in [0.5, 0.6) is 5.75 Å². The van der Waals surface area contributed by atoms with Crippen LogP contribution >= 0.6 is 11.3 Å². The first kappa shape index (κ1) is 23.9. The van der Waals surface area contributed by atoms with Gasteiger partial charge in [-0.1, -0.05) is 0 Å². The molecule has 180 valence electrons. The zero-order chi connectivity index (χ0) is 24.4. The van der Waals surface area contributed by atoms with Gasteiger partial charge >= 0.3 is 5.97 Å². The van der Waals surface area contributed by atoms with Crippen molar-refractivity contribution in [1.29, 1.82) is 0 Å². The molecule has 1 aliphatic heterocycles. The van der Waals surface area contributed by atoms with Gasteiger partial charge < -0.3 is 19.1 Å². The maximum atomic E-state index is 13.0. The summed E-state index contributed by atoms with van der Waals surface area (Å²) in [5.74, 6) is -0.210. The van der Waals surface area contributed by atoms with Gasteiger partial charge in [-0.2, -0.15) is 0 Å². The number of nitrogens with zero attached hydrogens (tertiary/aromatic N) is 3. The Kier molecular flexibility index (Phi) is 6.99. The molecule has 1 aliphatic rings. The van der Waals surface area contributed by atoms with E-state index in [0.717, 1.165) is 16.2 Å². The van der Waals surface area contributed by atoms with E-state index in [1.165, 1.54) is 29.2 Å². The molecule has 3 aromatic rings. The second kappa shape index (κ2) is 9.94. The molecule has 0 radical (unpaired) electrons. The van der Waals surface area contributed by atoms with Gasteiger partial charge in [-0.3, -0.25) is 19.0 Å². The van der Waals surface area contributed by atoms with Crippen LogP contribution in [0.3, 0.4) is 0 Å². The van der Waals surface area contributed by atoms with Crippen molar-refractivity contribution in [1.82, 2.24) is 14.5 Å². The minimum absolute atomic E-state index is 0.0828. The summed E-state index contributed by atoms with van der Waals surface area (Å²) in [7, 11) is 1.60. The van der Waals surface area contributed by atoms with Gasteiger partial charge in [0.05, 0.1) is 31.2 Å². The predicted octanol–water partition coefficient (Wildman–Crippen LogP) is 2.70. The van der Waals surface area contributed by atoms with Crippen LogP contribution in [0.25, 0.3) is 20.7 Å². The molecule has 0 spiro atoms. The van der Waals surface area contributed by atoms with Crippen LogP contribution in [0.4, 0.5) is 0 Å². The number of morpholine rings is 1. The van der Waals surface area contributed by atoms with Gasteiger partial charge in [0.25, 0.3) is 11.5 Å². The fourth-order valence-electron chi connectivity index (χ4n) is 3.99. The second-order valence-corrected chi connectivity index (χ2v) is 9.42. The van der Waals surface area contributed by atoms with Gasteiger partial charge in [0, 0.05) is 18.0 Å². The lowest BCUT2D eigenvalue weighted by molar-refractivity contribution is -0.164. The summed E-state index contributed by atoms with van der Waals surface area (Å²) in [6, 6.07) is 9.36. The van der Waals surface area contributed by atoms with E-state index in [4.69, 9.17) is 14.2 Å². The van der Waals surface area contributed by atoms with Crippen molar-refractivity contribution in [2.75, 3.05) is 20.2 Å². The van der Waals surface area contributed by atoms with E-state index in [1.807, 2.05) is 44.2 Å². The number of rotatable bonds is 6. The standard InChI is InChI=1S/C24H27N3O6S/c1-14-10-26(11-15(2)32-14)23(29)16(3)33-21(28)12-27-13-25-19-9-20(34-22(19)24(27)30)17-5-7-18(31-4)8-6-17/h5-9,13-16H,10-12H2,1-4H3. The SMILES string of the molecule is COc1ccc(-c2cc3ncn(CC(=O)OC(C)C(=O)N4CC(C)OC(C)C4)c(=O)c3s2)cc1. The molecule has 1 saturated heterocycles. The Bertz CT molecular complexity index is 1240. The van der Waals surface area contributed by atoms with E-state index < -0.39 is 12.1 Å². The first-order valence-electron chi connectivity index (χ1n) is 11.0. The summed E-state index contributed by atoms with van der Waals surface area (Å²) in [5, 5.41) is 0. The van der Waals surface area contributed by atoms with E-state index >= 15 is 0 Å². The largest absolute Gasteiger partial charge is 0.497 e. The molecule has 0 bridgehead atoms. The van der Waals surface area contributed by atoms with E-state index in [0.29, 0.717) is 23.3 Å². The zero-order valence-corrected chi connectivity index (χ0v) is 20.3. The van der Waals surface area contributed by atoms with Gasteiger partial charge in [-0.15, -0.1) is 11.3 Å². The highest BCUT2D eigenvalue weighted by atomic mass is 32.1. The van der Waals surface area contributed by atoms with Crippen molar-refractivity contribution in [2.24, 2.45) is 0 Å². The Morgan fingerprint density at radius 3 is 2.53 bits per heavy atom. The minimum Gasteiger partial charge on any atom is -0.497 e. The fourth-order valence-corrected chi connectivity index (χ4v) is 5.06. The van der Waals surface area contributed by atoms with Crippen molar-refractivity contribution >= 4 is 33.4 Å². The number of thiophene rings is 1. The number of aromatic nitrogens is 2. The average molecular weight is 486 g/mol. The first-order valence-corrected chi connectivity index (χ1v) is 11.8. The topological polar surface area (TPSA) is 100.0 Å². The molecule has 3 heterocycles. The summed E-state index contributed by atoms with van der Waals surface area (Å²) >= 11 is 1.31. The van der Waals surface area contributed by atoms with E-state index in [-0.39, 0.29) is 30.2 Å². The van der Waals surface area contributed by atoms with Crippen molar-refractivity contribution in [2.45, 2.75) is 45.6 Å². The van der Waals surface area contributed by atoms with E-state index in [9.17, 15) is 14.4 Å². The zero-order valence-electron chi connectivity index (χ0n) is 19.5. The van der Waals surface area contributed by atoms with Crippen molar-refractivity contribution < 1.29 is 23.8 Å². The summed E-state index contributed by atoms with van der Waals surface area (Å²) in [4.78, 5) is 45.0. The quantitative estimate of drug-likeness (QED) is 0.495. The number of esters is 1. The molecule has 1 fully saturated rings. The van der Waals surface area contributed by atoms with Crippen molar-refractivity contribution in [3.8, 4) is 16.2 Å². The lowest BCUT2D eigenvalue weighted by Crippen LogP contribution is -2.51. The van der Waals surface area contributed by atoms with Crippen LogP contribution in [0, 0.1) is 0 Å². The Morgan fingerprint density at radius 1 is 1.21 bits per heavy atom. The number of ether oxygens (including phenoxy) is 3. The highest BCUT2D eigenvalue weighted by Crippen LogP contribution is 2.31. The predicted molar refractivity (Wildman–Crippen MR) is 128 cm³/mol. The third-order valence-corrected chi connectivity index (χ3v) is 6.73. The molecular formula is C24H27N3O6S. The van der Waals surface area contributed by atoms with Crippen LogP contribution in [0.15, 0.2) is 41.5 Å². The number of amides is 1.